The van der Waals surface area contributed by atoms with E-state index in [9.17, 15) is 8.42 Å². The standard InChI is InChI=1S/C16H20N2O2S/c1-3-13-10-11-14(12-16(13)17)18(4-2)21(19,20)15-8-6-5-7-9-15/h5-12H,3-4,17H2,1-2H3. The van der Waals surface area contributed by atoms with Crippen LogP contribution >= 0.6 is 0 Å². The molecule has 0 aliphatic rings. The molecule has 0 atom stereocenters. The molecule has 2 aromatic rings. The quantitative estimate of drug-likeness (QED) is 0.864. The Bertz CT molecular complexity index is 712. The van der Waals surface area contributed by atoms with Gasteiger partial charge in [0.25, 0.3) is 10.0 Å². The molecule has 0 fully saturated rings. The second-order valence-electron chi connectivity index (χ2n) is 4.72. The van der Waals surface area contributed by atoms with Gasteiger partial charge in [-0.1, -0.05) is 31.2 Å². The Morgan fingerprint density at radius 3 is 2.24 bits per heavy atom. The first kappa shape index (κ1) is 15.4. The smallest absolute Gasteiger partial charge is 0.264 e. The highest BCUT2D eigenvalue weighted by Crippen LogP contribution is 2.27. The number of rotatable bonds is 5. The minimum atomic E-state index is -3.56. The SMILES string of the molecule is CCc1ccc(N(CC)S(=O)(=O)c2ccccc2)cc1N. The second kappa shape index (κ2) is 6.18. The number of nitrogens with zero attached hydrogens (tertiary/aromatic N) is 1. The van der Waals surface area contributed by atoms with Crippen LogP contribution in [0.2, 0.25) is 0 Å². The lowest BCUT2D eigenvalue weighted by Crippen LogP contribution is -2.30. The normalized spacial score (nSPS) is 11.3. The Morgan fingerprint density at radius 1 is 1.05 bits per heavy atom. The van der Waals surface area contributed by atoms with E-state index in [2.05, 4.69) is 0 Å². The molecule has 112 valence electrons. The van der Waals surface area contributed by atoms with Crippen molar-refractivity contribution in [2.45, 2.75) is 25.2 Å². The molecule has 0 saturated heterocycles. The lowest BCUT2D eigenvalue weighted by molar-refractivity contribution is 0.592. The number of hydrogen-bond donors (Lipinski definition) is 1. The second-order valence-corrected chi connectivity index (χ2v) is 6.58. The molecule has 21 heavy (non-hydrogen) atoms. The van der Waals surface area contributed by atoms with Crippen LogP contribution in [0.15, 0.2) is 53.4 Å². The lowest BCUT2D eigenvalue weighted by atomic mass is 10.1. The summed E-state index contributed by atoms with van der Waals surface area (Å²) in [5.74, 6) is 0. The number of nitrogens with two attached hydrogens (primary N) is 1. The largest absolute Gasteiger partial charge is 0.398 e. The number of sulfonamides is 1. The minimum absolute atomic E-state index is 0.282. The molecule has 0 saturated carbocycles. The van der Waals surface area contributed by atoms with Crippen LogP contribution in [0.3, 0.4) is 0 Å². The molecule has 4 nitrogen and oxygen atoms in total. The van der Waals surface area contributed by atoms with Gasteiger partial charge in [-0.3, -0.25) is 4.31 Å². The molecule has 0 amide bonds. The fourth-order valence-corrected chi connectivity index (χ4v) is 3.76. The molecule has 2 rings (SSSR count). The highest BCUT2D eigenvalue weighted by molar-refractivity contribution is 7.92. The van der Waals surface area contributed by atoms with Crippen LogP contribution in [0.4, 0.5) is 11.4 Å². The molecular weight excluding hydrogens is 284 g/mol. The summed E-state index contributed by atoms with van der Waals surface area (Å²) in [6, 6.07) is 13.8. The number of aryl methyl sites for hydroxylation is 1. The van der Waals surface area contributed by atoms with E-state index in [4.69, 9.17) is 5.73 Å². The third-order valence-corrected chi connectivity index (χ3v) is 5.33. The van der Waals surface area contributed by atoms with E-state index in [1.807, 2.05) is 19.9 Å². The van der Waals surface area contributed by atoms with Gasteiger partial charge in [0, 0.05) is 12.2 Å². The summed E-state index contributed by atoms with van der Waals surface area (Å²) < 4.78 is 26.8. The van der Waals surface area contributed by atoms with Gasteiger partial charge in [-0.2, -0.15) is 0 Å². The number of hydrogen-bond acceptors (Lipinski definition) is 3. The average Bonchev–Trinajstić information content (AvgIpc) is 2.49. The Hall–Kier alpha value is -2.01. The molecular formula is C16H20N2O2S. The van der Waals surface area contributed by atoms with Gasteiger partial charge in [0.05, 0.1) is 10.6 Å². The molecule has 5 heteroatoms. The van der Waals surface area contributed by atoms with Crippen LogP contribution in [0, 0.1) is 0 Å². The van der Waals surface area contributed by atoms with Crippen molar-refractivity contribution in [2.24, 2.45) is 0 Å². The first-order valence-electron chi connectivity index (χ1n) is 6.97. The Labute approximate surface area is 126 Å². The van der Waals surface area contributed by atoms with E-state index in [0.717, 1.165) is 12.0 Å². The zero-order valence-electron chi connectivity index (χ0n) is 12.3. The van der Waals surface area contributed by atoms with E-state index in [1.54, 1.807) is 42.5 Å². The van der Waals surface area contributed by atoms with Crippen LogP contribution in [-0.2, 0) is 16.4 Å². The molecule has 0 aliphatic heterocycles. The van der Waals surface area contributed by atoms with Gasteiger partial charge in [0.2, 0.25) is 0 Å². The van der Waals surface area contributed by atoms with Crippen molar-refractivity contribution in [1.29, 1.82) is 0 Å². The first-order chi connectivity index (χ1) is 10.0. The van der Waals surface area contributed by atoms with Crippen molar-refractivity contribution in [2.75, 3.05) is 16.6 Å². The van der Waals surface area contributed by atoms with Crippen molar-refractivity contribution in [3.05, 3.63) is 54.1 Å². The van der Waals surface area contributed by atoms with E-state index in [0.29, 0.717) is 17.9 Å². The third kappa shape index (κ3) is 3.03. The van der Waals surface area contributed by atoms with Crippen molar-refractivity contribution < 1.29 is 8.42 Å². The predicted octanol–water partition coefficient (Wildman–Crippen LogP) is 3.05. The summed E-state index contributed by atoms with van der Waals surface area (Å²) in [6.07, 6.45) is 0.823. The van der Waals surface area contributed by atoms with Gasteiger partial charge >= 0.3 is 0 Å². The summed E-state index contributed by atoms with van der Waals surface area (Å²) in [7, 11) is -3.56. The van der Waals surface area contributed by atoms with Crippen molar-refractivity contribution >= 4 is 21.4 Å². The van der Waals surface area contributed by atoms with Crippen molar-refractivity contribution in [1.82, 2.24) is 0 Å². The Morgan fingerprint density at radius 2 is 1.71 bits per heavy atom. The molecule has 0 unspecified atom stereocenters. The van der Waals surface area contributed by atoms with Gasteiger partial charge in [-0.15, -0.1) is 0 Å². The van der Waals surface area contributed by atoms with Crippen molar-refractivity contribution in [3.63, 3.8) is 0 Å². The first-order valence-corrected chi connectivity index (χ1v) is 8.41. The topological polar surface area (TPSA) is 63.4 Å². The van der Waals surface area contributed by atoms with Gasteiger partial charge in [-0.05, 0) is 43.2 Å². The molecule has 0 radical (unpaired) electrons. The van der Waals surface area contributed by atoms with Crippen LogP contribution in [0.25, 0.3) is 0 Å². The maximum Gasteiger partial charge on any atom is 0.264 e. The van der Waals surface area contributed by atoms with Crippen LogP contribution in [0.5, 0.6) is 0 Å². The lowest BCUT2D eigenvalue weighted by Gasteiger charge is -2.23. The summed E-state index contributed by atoms with van der Waals surface area (Å²) in [5.41, 5.74) is 8.22. The maximum atomic E-state index is 12.7. The zero-order chi connectivity index (χ0) is 15.5. The van der Waals surface area contributed by atoms with E-state index >= 15 is 0 Å². The molecule has 0 aromatic heterocycles. The van der Waals surface area contributed by atoms with Crippen molar-refractivity contribution in [3.8, 4) is 0 Å². The predicted molar refractivity (Wildman–Crippen MR) is 86.9 cm³/mol. The number of anilines is 2. The van der Waals surface area contributed by atoms with Gasteiger partial charge in [0.15, 0.2) is 0 Å². The van der Waals surface area contributed by atoms with Gasteiger partial charge < -0.3 is 5.73 Å². The van der Waals surface area contributed by atoms with Crippen LogP contribution in [0.1, 0.15) is 19.4 Å². The average molecular weight is 304 g/mol. The highest BCUT2D eigenvalue weighted by Gasteiger charge is 2.23. The summed E-state index contributed by atoms with van der Waals surface area (Å²) in [4.78, 5) is 0.282. The molecule has 2 aromatic carbocycles. The number of nitrogen functional groups attached to an aromatic ring is 1. The fraction of sp³-hybridized carbons (Fsp3) is 0.250. The van der Waals surface area contributed by atoms with Gasteiger partial charge in [0.1, 0.15) is 0 Å². The molecule has 2 N–H and O–H groups in total. The van der Waals surface area contributed by atoms with E-state index < -0.39 is 10.0 Å². The maximum absolute atomic E-state index is 12.7. The molecule has 0 bridgehead atoms. The van der Waals surface area contributed by atoms with Gasteiger partial charge in [-0.25, -0.2) is 8.42 Å². The molecule has 0 spiro atoms. The summed E-state index contributed by atoms with van der Waals surface area (Å²) >= 11 is 0. The minimum Gasteiger partial charge on any atom is -0.398 e. The van der Waals surface area contributed by atoms with E-state index in [-0.39, 0.29) is 4.90 Å². The number of benzene rings is 2. The summed E-state index contributed by atoms with van der Waals surface area (Å²) in [5, 5.41) is 0. The van der Waals surface area contributed by atoms with Crippen LogP contribution in [-0.4, -0.2) is 15.0 Å². The fourth-order valence-electron chi connectivity index (χ4n) is 2.27. The Kier molecular flexibility index (Phi) is 4.53. The molecule has 0 aliphatic carbocycles. The zero-order valence-corrected chi connectivity index (χ0v) is 13.1. The highest BCUT2D eigenvalue weighted by atomic mass is 32.2. The summed E-state index contributed by atoms with van der Waals surface area (Å²) in [6.45, 7) is 4.18. The molecule has 0 heterocycles. The monoisotopic (exact) mass is 304 g/mol. The Balaban J connectivity index is 2.47. The van der Waals surface area contributed by atoms with Crippen LogP contribution < -0.4 is 10.0 Å². The third-order valence-electron chi connectivity index (χ3n) is 3.42. The van der Waals surface area contributed by atoms with E-state index in [1.165, 1.54) is 4.31 Å².